The standard InChI is InChI=1S/C17H22N6O3S/c1-26-12-15-20-21-17(27-15)19-14(24)5-6-16(25)23-10-8-22(9-11-23)13-4-2-3-7-18-13/h2-4,7H,5-6,8-12H2,1H3,(H,19,21,24). The summed E-state index contributed by atoms with van der Waals surface area (Å²) < 4.78 is 4.97. The Morgan fingerprint density at radius 1 is 1.19 bits per heavy atom. The third-order valence-corrected chi connectivity index (χ3v) is 4.96. The van der Waals surface area contributed by atoms with Gasteiger partial charge in [-0.1, -0.05) is 17.4 Å². The lowest BCUT2D eigenvalue weighted by Crippen LogP contribution is -2.49. The van der Waals surface area contributed by atoms with Crippen LogP contribution in [0.25, 0.3) is 0 Å². The van der Waals surface area contributed by atoms with Crippen molar-refractivity contribution in [3.8, 4) is 0 Å². The number of hydrogen-bond donors (Lipinski definition) is 1. The number of hydrogen-bond acceptors (Lipinski definition) is 8. The molecule has 1 saturated heterocycles. The molecule has 3 heterocycles. The van der Waals surface area contributed by atoms with Crippen molar-refractivity contribution >= 4 is 34.1 Å². The topological polar surface area (TPSA) is 101 Å². The maximum Gasteiger partial charge on any atom is 0.226 e. The summed E-state index contributed by atoms with van der Waals surface area (Å²) in [5.74, 6) is 0.674. The summed E-state index contributed by atoms with van der Waals surface area (Å²) in [5.41, 5.74) is 0. The van der Waals surface area contributed by atoms with Crippen molar-refractivity contribution in [1.82, 2.24) is 20.1 Å². The summed E-state index contributed by atoms with van der Waals surface area (Å²) in [6, 6.07) is 5.80. The van der Waals surface area contributed by atoms with E-state index in [-0.39, 0.29) is 24.7 Å². The van der Waals surface area contributed by atoms with Gasteiger partial charge < -0.3 is 19.9 Å². The van der Waals surface area contributed by atoms with Gasteiger partial charge in [-0.15, -0.1) is 10.2 Å². The number of aromatic nitrogens is 3. The Balaban J connectivity index is 1.39. The maximum atomic E-state index is 12.4. The molecular weight excluding hydrogens is 368 g/mol. The molecule has 0 unspecified atom stereocenters. The van der Waals surface area contributed by atoms with Crippen molar-refractivity contribution in [1.29, 1.82) is 0 Å². The molecule has 0 bridgehead atoms. The molecule has 0 saturated carbocycles. The number of amides is 2. The van der Waals surface area contributed by atoms with E-state index in [4.69, 9.17) is 4.74 Å². The first-order chi connectivity index (χ1) is 13.2. The van der Waals surface area contributed by atoms with Gasteiger partial charge in [0.05, 0.1) is 0 Å². The van der Waals surface area contributed by atoms with E-state index in [2.05, 4.69) is 25.4 Å². The Labute approximate surface area is 161 Å². The number of carbonyl (C=O) groups excluding carboxylic acids is 2. The summed E-state index contributed by atoms with van der Waals surface area (Å²) in [7, 11) is 1.57. The molecular formula is C17H22N6O3S. The van der Waals surface area contributed by atoms with Gasteiger partial charge in [-0.25, -0.2) is 4.98 Å². The summed E-state index contributed by atoms with van der Waals surface area (Å²) in [6.07, 6.45) is 2.07. The van der Waals surface area contributed by atoms with Crippen molar-refractivity contribution in [2.45, 2.75) is 19.4 Å². The molecule has 27 heavy (non-hydrogen) atoms. The lowest BCUT2D eigenvalue weighted by atomic mass is 10.2. The van der Waals surface area contributed by atoms with Crippen LogP contribution in [-0.2, 0) is 20.9 Å². The molecule has 1 fully saturated rings. The highest BCUT2D eigenvalue weighted by molar-refractivity contribution is 7.15. The third kappa shape index (κ3) is 5.44. The lowest BCUT2D eigenvalue weighted by molar-refractivity contribution is -0.133. The zero-order valence-electron chi connectivity index (χ0n) is 15.1. The van der Waals surface area contributed by atoms with E-state index in [1.165, 1.54) is 11.3 Å². The van der Waals surface area contributed by atoms with Gasteiger partial charge in [0.25, 0.3) is 0 Å². The van der Waals surface area contributed by atoms with Crippen LogP contribution in [0.1, 0.15) is 17.8 Å². The van der Waals surface area contributed by atoms with Crippen LogP contribution < -0.4 is 10.2 Å². The number of piperazine rings is 1. The summed E-state index contributed by atoms with van der Waals surface area (Å²) in [4.78, 5) is 32.7. The molecule has 2 amide bonds. The predicted molar refractivity (Wildman–Crippen MR) is 102 cm³/mol. The second kappa shape index (κ2) is 9.38. The van der Waals surface area contributed by atoms with E-state index in [0.717, 1.165) is 18.9 Å². The second-order valence-corrected chi connectivity index (χ2v) is 7.10. The Kier molecular flexibility index (Phi) is 6.66. The second-order valence-electron chi connectivity index (χ2n) is 6.04. The van der Waals surface area contributed by atoms with Crippen LogP contribution in [0.5, 0.6) is 0 Å². The molecule has 1 N–H and O–H groups in total. The molecule has 144 valence electrons. The Bertz CT molecular complexity index is 761. The Morgan fingerprint density at radius 2 is 2.00 bits per heavy atom. The Morgan fingerprint density at radius 3 is 2.70 bits per heavy atom. The molecule has 3 rings (SSSR count). The van der Waals surface area contributed by atoms with E-state index < -0.39 is 0 Å². The first kappa shape index (κ1) is 19.2. The summed E-state index contributed by atoms with van der Waals surface area (Å²) in [5, 5.41) is 11.6. The number of ether oxygens (including phenoxy) is 1. The Hall–Kier alpha value is -2.59. The van der Waals surface area contributed by atoms with Gasteiger partial charge in [0.15, 0.2) is 0 Å². The van der Waals surface area contributed by atoms with Crippen molar-refractivity contribution in [3.05, 3.63) is 29.4 Å². The van der Waals surface area contributed by atoms with Crippen molar-refractivity contribution < 1.29 is 14.3 Å². The van der Waals surface area contributed by atoms with Gasteiger partial charge in [-0.3, -0.25) is 9.59 Å². The molecule has 0 atom stereocenters. The van der Waals surface area contributed by atoms with Crippen LogP contribution in [0.15, 0.2) is 24.4 Å². The van der Waals surface area contributed by atoms with Crippen LogP contribution >= 0.6 is 11.3 Å². The van der Waals surface area contributed by atoms with Crippen molar-refractivity contribution in [2.24, 2.45) is 0 Å². The highest BCUT2D eigenvalue weighted by Gasteiger charge is 2.22. The fourth-order valence-electron chi connectivity index (χ4n) is 2.77. The smallest absolute Gasteiger partial charge is 0.226 e. The molecule has 0 spiro atoms. The predicted octanol–water partition coefficient (Wildman–Crippen LogP) is 1.15. The highest BCUT2D eigenvalue weighted by Crippen LogP contribution is 2.17. The summed E-state index contributed by atoms with van der Waals surface area (Å²) in [6.45, 7) is 3.10. The van der Waals surface area contributed by atoms with Gasteiger partial charge in [0.2, 0.25) is 16.9 Å². The molecule has 10 heteroatoms. The third-order valence-electron chi connectivity index (χ3n) is 4.15. The molecule has 9 nitrogen and oxygen atoms in total. The lowest BCUT2D eigenvalue weighted by Gasteiger charge is -2.35. The van der Waals surface area contributed by atoms with E-state index in [1.807, 2.05) is 18.2 Å². The normalized spacial score (nSPS) is 14.3. The summed E-state index contributed by atoms with van der Waals surface area (Å²) >= 11 is 1.26. The van der Waals surface area contributed by atoms with Gasteiger partial charge in [0, 0.05) is 52.3 Å². The van der Waals surface area contributed by atoms with Gasteiger partial charge in [-0.2, -0.15) is 0 Å². The van der Waals surface area contributed by atoms with Crippen molar-refractivity contribution in [3.63, 3.8) is 0 Å². The van der Waals surface area contributed by atoms with E-state index in [0.29, 0.717) is 29.8 Å². The first-order valence-electron chi connectivity index (χ1n) is 8.70. The average molecular weight is 390 g/mol. The number of methoxy groups -OCH3 is 1. The number of nitrogens with zero attached hydrogens (tertiary/aromatic N) is 5. The number of carbonyl (C=O) groups is 2. The zero-order valence-corrected chi connectivity index (χ0v) is 15.9. The van der Waals surface area contributed by atoms with Gasteiger partial charge in [0.1, 0.15) is 17.4 Å². The van der Waals surface area contributed by atoms with Gasteiger partial charge in [-0.05, 0) is 12.1 Å². The number of rotatable bonds is 7. The van der Waals surface area contributed by atoms with Gasteiger partial charge >= 0.3 is 0 Å². The molecule has 0 aliphatic carbocycles. The van der Waals surface area contributed by atoms with E-state index >= 15 is 0 Å². The molecule has 2 aromatic rings. The highest BCUT2D eigenvalue weighted by atomic mass is 32.1. The quantitative estimate of drug-likeness (QED) is 0.757. The first-order valence-corrected chi connectivity index (χ1v) is 9.52. The maximum absolute atomic E-state index is 12.4. The number of nitrogens with one attached hydrogen (secondary N) is 1. The number of pyridine rings is 1. The number of anilines is 2. The fraction of sp³-hybridized carbons (Fsp3) is 0.471. The van der Waals surface area contributed by atoms with Crippen LogP contribution in [-0.4, -0.2) is 65.2 Å². The van der Waals surface area contributed by atoms with Crippen molar-refractivity contribution in [2.75, 3.05) is 43.5 Å². The minimum atomic E-state index is -0.240. The SMILES string of the molecule is COCc1nnc(NC(=O)CCC(=O)N2CCN(c3ccccn3)CC2)s1. The molecule has 1 aliphatic heterocycles. The minimum Gasteiger partial charge on any atom is -0.377 e. The molecule has 1 aliphatic rings. The molecule has 2 aromatic heterocycles. The van der Waals surface area contributed by atoms with Crippen LogP contribution in [0.2, 0.25) is 0 Å². The van der Waals surface area contributed by atoms with Crippen LogP contribution in [0.4, 0.5) is 10.9 Å². The van der Waals surface area contributed by atoms with Crippen LogP contribution in [0, 0.1) is 0 Å². The fourth-order valence-corrected chi connectivity index (χ4v) is 3.50. The van der Waals surface area contributed by atoms with E-state index in [9.17, 15) is 9.59 Å². The molecule has 0 radical (unpaired) electrons. The largest absolute Gasteiger partial charge is 0.377 e. The zero-order chi connectivity index (χ0) is 19.1. The average Bonchev–Trinajstić information content (AvgIpc) is 3.14. The molecule has 0 aromatic carbocycles. The van der Waals surface area contributed by atoms with Crippen LogP contribution in [0.3, 0.4) is 0 Å². The monoisotopic (exact) mass is 390 g/mol. The minimum absolute atomic E-state index is 0.0110. The van der Waals surface area contributed by atoms with E-state index in [1.54, 1.807) is 18.2 Å².